The van der Waals surface area contributed by atoms with Gasteiger partial charge in [-0.3, -0.25) is 9.59 Å². The second kappa shape index (κ2) is 9.96. The highest BCUT2D eigenvalue weighted by Crippen LogP contribution is 2.42. The number of piperazine rings is 1. The van der Waals surface area contributed by atoms with E-state index in [0.717, 1.165) is 0 Å². The van der Waals surface area contributed by atoms with Gasteiger partial charge < -0.3 is 21.3 Å². The van der Waals surface area contributed by atoms with Crippen molar-refractivity contribution in [1.29, 1.82) is 0 Å². The van der Waals surface area contributed by atoms with E-state index in [1.54, 1.807) is 0 Å². The van der Waals surface area contributed by atoms with E-state index in [4.69, 9.17) is 11.5 Å². The van der Waals surface area contributed by atoms with Crippen LogP contribution < -0.4 is 11.5 Å². The third kappa shape index (κ3) is 6.14. The van der Waals surface area contributed by atoms with Crippen molar-refractivity contribution in [2.75, 3.05) is 37.6 Å². The lowest BCUT2D eigenvalue weighted by atomic mass is 9.99. The van der Waals surface area contributed by atoms with E-state index < -0.39 is 107 Å². The predicted molar refractivity (Wildman–Crippen MR) is 114 cm³/mol. The number of hydrogen-bond donors (Lipinski definition) is 2. The number of nitrogens with zero attached hydrogens (tertiary/aromatic N) is 2. The molecule has 2 aromatic rings. The van der Waals surface area contributed by atoms with Crippen molar-refractivity contribution in [1.82, 2.24) is 9.80 Å². The van der Waals surface area contributed by atoms with Crippen molar-refractivity contribution in [2.45, 2.75) is 24.7 Å². The molecule has 0 unspecified atom stereocenters. The van der Waals surface area contributed by atoms with Crippen LogP contribution in [0.2, 0.25) is 0 Å². The monoisotopic (exact) mass is 596 g/mol. The van der Waals surface area contributed by atoms with Gasteiger partial charge in [-0.15, -0.1) is 0 Å². The molecule has 0 bridgehead atoms. The van der Waals surface area contributed by atoms with Gasteiger partial charge in [0.2, 0.25) is 0 Å². The molecule has 1 aliphatic rings. The van der Waals surface area contributed by atoms with Gasteiger partial charge in [-0.1, -0.05) is 0 Å². The maximum absolute atomic E-state index is 13.5. The van der Waals surface area contributed by atoms with Crippen LogP contribution in [0.4, 0.5) is 64.1 Å². The number of carbonyl (C=O) groups is 2. The standard InChI is InChI=1S/C22H16F12N4O2/c23-19(24,25)11-7-15(35)13(21(29,30)31)5-9(11)17(39)37-1-2-38(4-3-37)18(40)10-6-14(22(32,33)34)16(36)8-12(10)20(26,27)28/h5-8H,1-4,35-36H2. The van der Waals surface area contributed by atoms with E-state index in [0.29, 0.717) is 9.80 Å². The molecule has 4 N–H and O–H groups in total. The van der Waals surface area contributed by atoms with Crippen molar-refractivity contribution in [3.05, 3.63) is 57.6 Å². The zero-order chi connectivity index (χ0) is 30.6. The molecule has 40 heavy (non-hydrogen) atoms. The largest absolute Gasteiger partial charge is 0.418 e. The summed E-state index contributed by atoms with van der Waals surface area (Å²) in [6.45, 7) is -2.68. The molecule has 1 fully saturated rings. The molecule has 3 rings (SSSR count). The van der Waals surface area contributed by atoms with Crippen LogP contribution in [-0.2, 0) is 24.7 Å². The molecule has 220 valence electrons. The topological polar surface area (TPSA) is 92.7 Å². The van der Waals surface area contributed by atoms with Crippen LogP contribution in [0.3, 0.4) is 0 Å². The Kier molecular flexibility index (Phi) is 7.64. The van der Waals surface area contributed by atoms with Gasteiger partial charge in [0.15, 0.2) is 0 Å². The highest BCUT2D eigenvalue weighted by Gasteiger charge is 2.43. The molecule has 0 spiro atoms. The maximum Gasteiger partial charge on any atom is 0.418 e. The predicted octanol–water partition coefficient (Wildman–Crippen LogP) is 5.52. The molecule has 1 saturated heterocycles. The molecular weight excluding hydrogens is 580 g/mol. The summed E-state index contributed by atoms with van der Waals surface area (Å²) in [6.07, 6.45) is -21.1. The van der Waals surface area contributed by atoms with Gasteiger partial charge >= 0.3 is 24.7 Å². The van der Waals surface area contributed by atoms with Crippen LogP contribution in [0, 0.1) is 0 Å². The lowest BCUT2D eigenvalue weighted by Gasteiger charge is -2.35. The Bertz CT molecular complexity index is 1220. The molecular formula is C22H16F12N4O2. The van der Waals surface area contributed by atoms with Crippen molar-refractivity contribution in [3.8, 4) is 0 Å². The van der Waals surface area contributed by atoms with Crippen molar-refractivity contribution in [2.24, 2.45) is 0 Å². The summed E-state index contributed by atoms with van der Waals surface area (Å²) in [5.41, 5.74) is -2.23. The number of rotatable bonds is 2. The minimum atomic E-state index is -5.31. The summed E-state index contributed by atoms with van der Waals surface area (Å²) in [7, 11) is 0. The zero-order valence-corrected chi connectivity index (χ0v) is 19.5. The van der Waals surface area contributed by atoms with Crippen LogP contribution >= 0.6 is 0 Å². The number of anilines is 2. The third-order valence-electron chi connectivity index (χ3n) is 5.92. The minimum absolute atomic E-state index is 0.0617. The smallest absolute Gasteiger partial charge is 0.398 e. The molecule has 0 aliphatic carbocycles. The van der Waals surface area contributed by atoms with Crippen LogP contribution in [0.15, 0.2) is 24.3 Å². The summed E-state index contributed by atoms with van der Waals surface area (Å²) in [5, 5.41) is 0. The van der Waals surface area contributed by atoms with Gasteiger partial charge in [0, 0.05) is 37.6 Å². The summed E-state index contributed by atoms with van der Waals surface area (Å²) in [4.78, 5) is 26.8. The van der Waals surface area contributed by atoms with Gasteiger partial charge in [-0.25, -0.2) is 0 Å². The van der Waals surface area contributed by atoms with E-state index >= 15 is 0 Å². The van der Waals surface area contributed by atoms with E-state index in [-0.39, 0.29) is 24.3 Å². The molecule has 1 heterocycles. The number of amides is 2. The van der Waals surface area contributed by atoms with Gasteiger partial charge in [-0.2, -0.15) is 52.7 Å². The maximum atomic E-state index is 13.5. The molecule has 2 aromatic carbocycles. The average Bonchev–Trinajstić information content (AvgIpc) is 2.80. The SMILES string of the molecule is Nc1cc(C(F)(F)F)c(C(=O)N2CCN(C(=O)c3cc(C(F)(F)F)c(N)cc3C(F)(F)F)CC2)cc1C(F)(F)F. The van der Waals surface area contributed by atoms with Gasteiger partial charge in [0.05, 0.1) is 33.4 Å². The third-order valence-corrected chi connectivity index (χ3v) is 5.92. The Morgan fingerprint density at radius 1 is 0.500 bits per heavy atom. The lowest BCUT2D eigenvalue weighted by Crippen LogP contribution is -2.51. The Morgan fingerprint density at radius 2 is 0.750 bits per heavy atom. The average molecular weight is 596 g/mol. The Hall–Kier alpha value is -3.86. The highest BCUT2D eigenvalue weighted by atomic mass is 19.4. The summed E-state index contributed by atoms with van der Waals surface area (Å²) < 4.78 is 160. The molecule has 0 atom stereocenters. The first-order valence-electron chi connectivity index (χ1n) is 10.8. The molecule has 0 saturated carbocycles. The van der Waals surface area contributed by atoms with Crippen LogP contribution in [0.1, 0.15) is 43.0 Å². The summed E-state index contributed by atoms with van der Waals surface area (Å²) >= 11 is 0. The van der Waals surface area contributed by atoms with Crippen molar-refractivity contribution >= 4 is 23.2 Å². The molecule has 2 amide bonds. The molecule has 0 aromatic heterocycles. The van der Waals surface area contributed by atoms with Crippen LogP contribution in [0.5, 0.6) is 0 Å². The first-order chi connectivity index (χ1) is 18.0. The number of carbonyl (C=O) groups excluding carboxylic acids is 2. The second-order valence-corrected chi connectivity index (χ2v) is 8.55. The summed E-state index contributed by atoms with van der Waals surface area (Å²) in [6, 6.07) is -0.289. The first kappa shape index (κ1) is 30.7. The zero-order valence-electron chi connectivity index (χ0n) is 19.5. The number of nitrogens with two attached hydrogens (primary N) is 2. The highest BCUT2D eigenvalue weighted by molar-refractivity contribution is 5.98. The summed E-state index contributed by atoms with van der Waals surface area (Å²) in [5.74, 6) is -3.10. The molecule has 6 nitrogen and oxygen atoms in total. The second-order valence-electron chi connectivity index (χ2n) is 8.55. The lowest BCUT2D eigenvalue weighted by molar-refractivity contribution is -0.141. The normalized spacial score (nSPS) is 15.4. The first-order valence-corrected chi connectivity index (χ1v) is 10.8. The van der Waals surface area contributed by atoms with Crippen molar-refractivity contribution in [3.63, 3.8) is 0 Å². The number of halogens is 12. The van der Waals surface area contributed by atoms with E-state index in [1.165, 1.54) is 0 Å². The molecule has 18 heteroatoms. The number of hydrogen-bond acceptors (Lipinski definition) is 4. The Labute approximate surface area is 216 Å². The fourth-order valence-electron chi connectivity index (χ4n) is 4.00. The molecule has 1 aliphatic heterocycles. The van der Waals surface area contributed by atoms with E-state index in [9.17, 15) is 62.3 Å². The Morgan fingerprint density at radius 3 is 0.975 bits per heavy atom. The number of alkyl halides is 12. The van der Waals surface area contributed by atoms with E-state index in [1.807, 2.05) is 0 Å². The van der Waals surface area contributed by atoms with Gasteiger partial charge in [-0.05, 0) is 24.3 Å². The van der Waals surface area contributed by atoms with Crippen molar-refractivity contribution < 1.29 is 62.3 Å². The molecule has 0 radical (unpaired) electrons. The Balaban J connectivity index is 1.92. The number of nitrogen functional groups attached to an aromatic ring is 2. The van der Waals surface area contributed by atoms with Crippen LogP contribution in [-0.4, -0.2) is 47.8 Å². The minimum Gasteiger partial charge on any atom is -0.398 e. The fourth-order valence-corrected chi connectivity index (χ4v) is 4.00. The fraction of sp³-hybridized carbons (Fsp3) is 0.364. The van der Waals surface area contributed by atoms with Crippen LogP contribution in [0.25, 0.3) is 0 Å². The van der Waals surface area contributed by atoms with Gasteiger partial charge in [0.25, 0.3) is 11.8 Å². The van der Waals surface area contributed by atoms with E-state index in [2.05, 4.69) is 0 Å². The van der Waals surface area contributed by atoms with Gasteiger partial charge in [0.1, 0.15) is 0 Å². The quantitative estimate of drug-likeness (QED) is 0.353. The number of benzene rings is 2.